The van der Waals surface area contributed by atoms with Gasteiger partial charge in [0.05, 0.1) is 13.2 Å². The molecule has 3 N–H and O–H groups in total. The molecule has 7 heteroatoms. The van der Waals surface area contributed by atoms with Gasteiger partial charge in [-0.15, -0.1) is 0 Å². The Labute approximate surface area is 152 Å². The summed E-state index contributed by atoms with van der Waals surface area (Å²) in [5, 5.41) is 8.34. The van der Waals surface area contributed by atoms with E-state index in [4.69, 9.17) is 9.47 Å². The van der Waals surface area contributed by atoms with Crippen molar-refractivity contribution in [3.8, 4) is 5.75 Å². The third-order valence-electron chi connectivity index (χ3n) is 3.50. The number of amides is 2. The first kappa shape index (κ1) is 19.3. The fourth-order valence-electron chi connectivity index (χ4n) is 2.18. The van der Waals surface area contributed by atoms with Crippen LogP contribution in [-0.4, -0.2) is 45.7 Å². The lowest BCUT2D eigenvalue weighted by Crippen LogP contribution is -2.22. The first-order valence-corrected chi connectivity index (χ1v) is 8.20. The summed E-state index contributed by atoms with van der Waals surface area (Å²) in [5.41, 5.74) is 1.86. The zero-order valence-corrected chi connectivity index (χ0v) is 14.9. The number of nitrogens with one attached hydrogen (secondary N) is 3. The molecule has 0 saturated carbocycles. The van der Waals surface area contributed by atoms with Crippen LogP contribution in [0.25, 0.3) is 0 Å². The van der Waals surface area contributed by atoms with Crippen molar-refractivity contribution >= 4 is 23.2 Å². The maximum absolute atomic E-state index is 12.1. The summed E-state index contributed by atoms with van der Waals surface area (Å²) in [6.45, 7) is 1.12. The molecule has 2 rings (SSSR count). The van der Waals surface area contributed by atoms with E-state index in [0.29, 0.717) is 24.5 Å². The van der Waals surface area contributed by atoms with E-state index in [1.807, 2.05) is 24.3 Å². The highest BCUT2D eigenvalue weighted by Crippen LogP contribution is 2.15. The first-order chi connectivity index (χ1) is 12.6. The monoisotopic (exact) mass is 357 g/mol. The quantitative estimate of drug-likeness (QED) is 0.598. The predicted octanol–water partition coefficient (Wildman–Crippen LogP) is 2.12. The van der Waals surface area contributed by atoms with Crippen LogP contribution < -0.4 is 20.7 Å². The number of anilines is 2. The van der Waals surface area contributed by atoms with Gasteiger partial charge in [-0.05, 0) is 42.5 Å². The molecule has 0 heterocycles. The largest absolute Gasteiger partial charge is 0.491 e. The summed E-state index contributed by atoms with van der Waals surface area (Å²) in [6, 6.07) is 14.1. The first-order valence-electron chi connectivity index (χ1n) is 8.20. The normalized spacial score (nSPS) is 10.1. The summed E-state index contributed by atoms with van der Waals surface area (Å²) in [4.78, 5) is 23.7. The van der Waals surface area contributed by atoms with Crippen molar-refractivity contribution in [2.45, 2.75) is 0 Å². The summed E-state index contributed by atoms with van der Waals surface area (Å²) in [7, 11) is 3.18. The number of rotatable bonds is 9. The molecule has 0 saturated heterocycles. The molecule has 2 aromatic carbocycles. The predicted molar refractivity (Wildman–Crippen MR) is 101 cm³/mol. The second kappa shape index (κ2) is 10.0. The van der Waals surface area contributed by atoms with Crippen molar-refractivity contribution < 1.29 is 19.1 Å². The van der Waals surface area contributed by atoms with Crippen molar-refractivity contribution in [3.63, 3.8) is 0 Å². The number of methoxy groups -OCH3 is 1. The fraction of sp³-hybridized carbons (Fsp3) is 0.263. The van der Waals surface area contributed by atoms with Crippen molar-refractivity contribution in [2.75, 3.05) is 44.5 Å². The van der Waals surface area contributed by atoms with Gasteiger partial charge in [-0.25, -0.2) is 0 Å². The Morgan fingerprint density at radius 3 is 2.46 bits per heavy atom. The Bertz CT molecular complexity index is 732. The van der Waals surface area contributed by atoms with Gasteiger partial charge in [0.15, 0.2) is 0 Å². The smallest absolute Gasteiger partial charge is 0.251 e. The Balaban J connectivity index is 1.82. The molecule has 26 heavy (non-hydrogen) atoms. The number of hydrogen-bond acceptors (Lipinski definition) is 5. The van der Waals surface area contributed by atoms with E-state index in [1.165, 1.54) is 0 Å². The molecule has 0 aliphatic heterocycles. The fourth-order valence-corrected chi connectivity index (χ4v) is 2.18. The molecular formula is C19H23N3O4. The topological polar surface area (TPSA) is 88.7 Å². The number of carbonyl (C=O) groups excluding carboxylic acids is 2. The van der Waals surface area contributed by atoms with Crippen molar-refractivity contribution in [1.29, 1.82) is 0 Å². The Morgan fingerprint density at radius 1 is 1.00 bits per heavy atom. The lowest BCUT2D eigenvalue weighted by molar-refractivity contribution is -0.114. The summed E-state index contributed by atoms with van der Waals surface area (Å²) >= 11 is 0. The minimum atomic E-state index is -0.209. The van der Waals surface area contributed by atoms with E-state index in [9.17, 15) is 9.59 Å². The van der Waals surface area contributed by atoms with Gasteiger partial charge in [0, 0.05) is 31.1 Å². The maximum Gasteiger partial charge on any atom is 0.251 e. The van der Waals surface area contributed by atoms with Crippen LogP contribution in [-0.2, 0) is 9.53 Å². The van der Waals surface area contributed by atoms with Crippen LogP contribution in [0.15, 0.2) is 48.5 Å². The van der Waals surface area contributed by atoms with E-state index in [0.717, 1.165) is 11.4 Å². The second-order valence-corrected chi connectivity index (χ2v) is 5.43. The van der Waals surface area contributed by atoms with E-state index in [1.54, 1.807) is 38.4 Å². The standard InChI is InChI=1S/C19H23N3O4/c1-20-19(24)14-4-3-5-16(12-14)22-18(23)13-21-15-6-8-17(9-7-15)26-11-10-25-2/h3-9,12,21H,10-11,13H2,1-2H3,(H,20,24)(H,22,23). The molecule has 7 nitrogen and oxygen atoms in total. The molecule has 0 bridgehead atoms. The van der Waals surface area contributed by atoms with E-state index < -0.39 is 0 Å². The van der Waals surface area contributed by atoms with Crippen molar-refractivity contribution in [2.24, 2.45) is 0 Å². The molecule has 2 aromatic rings. The van der Waals surface area contributed by atoms with Gasteiger partial charge in [-0.3, -0.25) is 9.59 Å². The van der Waals surface area contributed by atoms with Crippen molar-refractivity contribution in [1.82, 2.24) is 5.32 Å². The lowest BCUT2D eigenvalue weighted by Gasteiger charge is -2.10. The van der Waals surface area contributed by atoms with Gasteiger partial charge in [-0.1, -0.05) is 6.07 Å². The zero-order valence-electron chi connectivity index (χ0n) is 14.9. The van der Waals surface area contributed by atoms with Crippen molar-refractivity contribution in [3.05, 3.63) is 54.1 Å². The van der Waals surface area contributed by atoms with Crippen LogP contribution in [0.3, 0.4) is 0 Å². The molecule has 0 aliphatic rings. The third kappa shape index (κ3) is 6.10. The highest BCUT2D eigenvalue weighted by atomic mass is 16.5. The van der Waals surface area contributed by atoms with Crippen LogP contribution in [0.2, 0.25) is 0 Å². The SMILES string of the molecule is CNC(=O)c1cccc(NC(=O)CNc2ccc(OCCOC)cc2)c1. The van der Waals surface area contributed by atoms with Crippen LogP contribution in [0, 0.1) is 0 Å². The second-order valence-electron chi connectivity index (χ2n) is 5.43. The number of benzene rings is 2. The molecule has 0 radical (unpaired) electrons. The molecular weight excluding hydrogens is 334 g/mol. The van der Waals surface area contributed by atoms with Gasteiger partial charge >= 0.3 is 0 Å². The van der Waals surface area contributed by atoms with Crippen LogP contribution in [0.1, 0.15) is 10.4 Å². The Morgan fingerprint density at radius 2 is 1.77 bits per heavy atom. The number of hydrogen-bond donors (Lipinski definition) is 3. The van der Waals surface area contributed by atoms with E-state index in [-0.39, 0.29) is 18.4 Å². The highest BCUT2D eigenvalue weighted by molar-refractivity contribution is 5.98. The van der Waals surface area contributed by atoms with Gasteiger partial charge in [-0.2, -0.15) is 0 Å². The summed E-state index contributed by atoms with van der Waals surface area (Å²) < 4.78 is 10.4. The summed E-state index contributed by atoms with van der Waals surface area (Å²) in [6.07, 6.45) is 0. The molecule has 0 atom stereocenters. The molecule has 0 fully saturated rings. The average molecular weight is 357 g/mol. The van der Waals surface area contributed by atoms with Crippen LogP contribution in [0.5, 0.6) is 5.75 Å². The molecule has 2 amide bonds. The number of ether oxygens (including phenoxy) is 2. The maximum atomic E-state index is 12.1. The average Bonchev–Trinajstić information content (AvgIpc) is 2.67. The highest BCUT2D eigenvalue weighted by Gasteiger charge is 2.06. The lowest BCUT2D eigenvalue weighted by atomic mass is 10.2. The molecule has 0 aromatic heterocycles. The van der Waals surface area contributed by atoms with E-state index in [2.05, 4.69) is 16.0 Å². The Kier molecular flexibility index (Phi) is 7.45. The van der Waals surface area contributed by atoms with Gasteiger partial charge in [0.2, 0.25) is 5.91 Å². The molecule has 0 spiro atoms. The molecule has 138 valence electrons. The molecule has 0 aliphatic carbocycles. The Hall–Kier alpha value is -3.06. The van der Waals surface area contributed by atoms with E-state index >= 15 is 0 Å². The minimum absolute atomic E-state index is 0.105. The molecule has 0 unspecified atom stereocenters. The third-order valence-corrected chi connectivity index (χ3v) is 3.50. The van der Waals surface area contributed by atoms with Gasteiger partial charge < -0.3 is 25.4 Å². The zero-order chi connectivity index (χ0) is 18.8. The minimum Gasteiger partial charge on any atom is -0.491 e. The number of carbonyl (C=O) groups is 2. The van der Waals surface area contributed by atoms with Crippen LogP contribution in [0.4, 0.5) is 11.4 Å². The van der Waals surface area contributed by atoms with Gasteiger partial charge in [0.25, 0.3) is 5.91 Å². The van der Waals surface area contributed by atoms with Gasteiger partial charge in [0.1, 0.15) is 12.4 Å². The summed E-state index contributed by atoms with van der Waals surface area (Å²) in [5.74, 6) is 0.328. The van der Waals surface area contributed by atoms with Crippen LogP contribution >= 0.6 is 0 Å².